The van der Waals surface area contributed by atoms with Crippen molar-refractivity contribution in [2.75, 3.05) is 26.6 Å². The summed E-state index contributed by atoms with van der Waals surface area (Å²) in [5.74, 6) is -0.457. The van der Waals surface area contributed by atoms with Crippen LogP contribution in [-0.2, 0) is 19.1 Å². The minimum atomic E-state index is -0.558. The highest BCUT2D eigenvalue weighted by Crippen LogP contribution is 2.12. The maximum atomic E-state index is 11.7. The van der Waals surface area contributed by atoms with Gasteiger partial charge in [-0.05, 0) is 0 Å². The Hall–Kier alpha value is -1.26. The van der Waals surface area contributed by atoms with Crippen LogP contribution >= 0.6 is 0 Å². The van der Waals surface area contributed by atoms with Crippen LogP contribution in [-0.4, -0.2) is 61.9 Å². The van der Waals surface area contributed by atoms with Crippen LogP contribution in [0.15, 0.2) is 0 Å². The molecule has 2 aliphatic rings. The molecule has 5 N–H and O–H groups in total. The summed E-state index contributed by atoms with van der Waals surface area (Å²) in [6, 6.07) is -0.336. The summed E-state index contributed by atoms with van der Waals surface area (Å²) >= 11 is 0. The Bertz CT molecular complexity index is 353. The summed E-state index contributed by atoms with van der Waals surface area (Å²) in [6.07, 6.45) is -0.755. The second-order valence-corrected chi connectivity index (χ2v) is 4.40. The number of nitrogens with zero attached hydrogens (tertiary/aromatic N) is 1. The highest BCUT2D eigenvalue weighted by Gasteiger charge is 2.42. The summed E-state index contributed by atoms with van der Waals surface area (Å²) < 4.78 is 10.1. The van der Waals surface area contributed by atoms with Gasteiger partial charge in [0.2, 0.25) is 5.91 Å². The van der Waals surface area contributed by atoms with Gasteiger partial charge in [-0.25, -0.2) is 0 Å². The number of hydrogen-bond donors (Lipinski definition) is 4. The molecule has 19 heavy (non-hydrogen) atoms. The molecule has 2 aliphatic heterocycles. The molecule has 9 heteroatoms. The van der Waals surface area contributed by atoms with E-state index in [-0.39, 0.29) is 30.7 Å². The van der Waals surface area contributed by atoms with E-state index in [0.717, 1.165) is 0 Å². The maximum Gasteiger partial charge on any atom is 0.302 e. The summed E-state index contributed by atoms with van der Waals surface area (Å²) in [5.41, 5.74) is 5.66. The van der Waals surface area contributed by atoms with Crippen LogP contribution < -0.4 is 21.7 Å². The highest BCUT2D eigenvalue weighted by atomic mass is 16.6. The fraction of sp³-hybridized carbons (Fsp3) is 0.800. The van der Waals surface area contributed by atoms with E-state index >= 15 is 0 Å². The van der Waals surface area contributed by atoms with Gasteiger partial charge in [0, 0.05) is 6.92 Å². The van der Waals surface area contributed by atoms with E-state index in [4.69, 9.17) is 15.2 Å². The Balaban J connectivity index is 1.73. The van der Waals surface area contributed by atoms with Gasteiger partial charge < -0.3 is 14.8 Å². The van der Waals surface area contributed by atoms with Gasteiger partial charge in [-0.1, -0.05) is 0 Å². The molecule has 3 atom stereocenters. The zero-order chi connectivity index (χ0) is 13.8. The monoisotopic (exact) mass is 273 g/mol. The second-order valence-electron chi connectivity index (χ2n) is 4.40. The van der Waals surface area contributed by atoms with Crippen LogP contribution in [0.3, 0.4) is 0 Å². The molecule has 2 rings (SSSR count). The molecule has 2 heterocycles. The van der Waals surface area contributed by atoms with Crippen LogP contribution in [0.4, 0.5) is 0 Å². The fourth-order valence-corrected chi connectivity index (χ4v) is 2.09. The third-order valence-corrected chi connectivity index (χ3v) is 2.94. The minimum Gasteiger partial charge on any atom is -0.463 e. The zero-order valence-electron chi connectivity index (χ0n) is 10.7. The predicted molar refractivity (Wildman–Crippen MR) is 64.1 cm³/mol. The summed E-state index contributed by atoms with van der Waals surface area (Å²) in [6.45, 7) is 2.73. The minimum absolute atomic E-state index is 0.126. The van der Waals surface area contributed by atoms with Crippen molar-refractivity contribution >= 4 is 11.9 Å². The number of esters is 1. The molecule has 2 saturated heterocycles. The van der Waals surface area contributed by atoms with Crippen molar-refractivity contribution in [1.82, 2.24) is 20.9 Å². The van der Waals surface area contributed by atoms with Gasteiger partial charge in [0.15, 0.2) is 0 Å². The Morgan fingerprint density at radius 3 is 3.05 bits per heavy atom. The highest BCUT2D eigenvalue weighted by molar-refractivity contribution is 5.83. The van der Waals surface area contributed by atoms with E-state index in [1.807, 2.05) is 4.90 Å². The third kappa shape index (κ3) is 3.61. The Morgan fingerprint density at radius 2 is 2.32 bits per heavy atom. The molecule has 0 aromatic carbocycles. The number of fused-ring (bicyclic) bond motifs is 1. The summed E-state index contributed by atoms with van der Waals surface area (Å²) in [4.78, 5) is 24.1. The quantitative estimate of drug-likeness (QED) is 0.310. The lowest BCUT2D eigenvalue weighted by molar-refractivity contribution is -0.143. The molecule has 0 aliphatic carbocycles. The van der Waals surface area contributed by atoms with Crippen LogP contribution in [0, 0.1) is 0 Å². The van der Waals surface area contributed by atoms with Gasteiger partial charge in [-0.2, -0.15) is 0 Å². The number of rotatable bonds is 5. The van der Waals surface area contributed by atoms with Gasteiger partial charge in [0.05, 0.1) is 19.4 Å². The van der Waals surface area contributed by atoms with Crippen molar-refractivity contribution in [3.8, 4) is 0 Å². The van der Waals surface area contributed by atoms with Gasteiger partial charge in [0.1, 0.15) is 25.7 Å². The number of carbonyl (C=O) groups excluding carboxylic acids is 2. The van der Waals surface area contributed by atoms with Crippen molar-refractivity contribution < 1.29 is 19.1 Å². The van der Waals surface area contributed by atoms with Crippen molar-refractivity contribution in [2.45, 2.75) is 25.4 Å². The molecular formula is C10H19N5O4. The number of amides is 1. The number of nitrogens with one attached hydrogen (secondary N) is 3. The predicted octanol–water partition coefficient (Wildman–Crippen LogP) is -2.96. The normalized spacial score (nSPS) is 30.8. The first kappa shape index (κ1) is 14.2. The van der Waals surface area contributed by atoms with E-state index < -0.39 is 6.29 Å². The van der Waals surface area contributed by atoms with Crippen molar-refractivity contribution in [2.24, 2.45) is 5.73 Å². The van der Waals surface area contributed by atoms with Crippen molar-refractivity contribution in [3.05, 3.63) is 0 Å². The van der Waals surface area contributed by atoms with Crippen LogP contribution in [0.2, 0.25) is 0 Å². The van der Waals surface area contributed by atoms with E-state index in [9.17, 15) is 9.59 Å². The summed E-state index contributed by atoms with van der Waals surface area (Å²) in [5, 5.41) is 8.73. The van der Waals surface area contributed by atoms with Crippen molar-refractivity contribution in [3.63, 3.8) is 0 Å². The average molecular weight is 273 g/mol. The average Bonchev–Trinajstić information content (AvgIpc) is 2.72. The molecule has 0 aromatic heterocycles. The molecule has 108 valence electrons. The van der Waals surface area contributed by atoms with Crippen molar-refractivity contribution in [1.29, 1.82) is 0 Å². The third-order valence-electron chi connectivity index (χ3n) is 2.94. The molecule has 0 aromatic rings. The lowest BCUT2D eigenvalue weighted by atomic mass is 10.2. The molecular weight excluding hydrogens is 254 g/mol. The molecule has 0 saturated carbocycles. The number of nitrogens with two attached hydrogens (primary N) is 1. The fourth-order valence-electron chi connectivity index (χ4n) is 2.09. The Morgan fingerprint density at radius 1 is 1.53 bits per heavy atom. The van der Waals surface area contributed by atoms with Gasteiger partial charge in [-0.15, -0.1) is 0 Å². The molecule has 0 spiro atoms. The van der Waals surface area contributed by atoms with E-state index in [1.165, 1.54) is 6.92 Å². The lowest BCUT2D eigenvalue weighted by Crippen LogP contribution is -2.70. The van der Waals surface area contributed by atoms with Crippen LogP contribution in [0.1, 0.15) is 6.92 Å². The first-order valence-corrected chi connectivity index (χ1v) is 6.08. The zero-order valence-corrected chi connectivity index (χ0v) is 10.7. The molecule has 0 bridgehead atoms. The van der Waals surface area contributed by atoms with Gasteiger partial charge in [-0.3, -0.25) is 30.9 Å². The first-order valence-electron chi connectivity index (χ1n) is 6.08. The Kier molecular flexibility index (Phi) is 4.66. The molecule has 2 fully saturated rings. The van der Waals surface area contributed by atoms with Crippen LogP contribution in [0.5, 0.6) is 0 Å². The molecule has 3 unspecified atom stereocenters. The Labute approximate surface area is 110 Å². The van der Waals surface area contributed by atoms with E-state index in [1.54, 1.807) is 0 Å². The standard InChI is InChI=1S/C10H19N5O4/c1-6(16)19-3-2-18-5-15-4-12-7-8(15)13-10(11)14-9(7)17/h7-8,10,12-13H,2-5,11H2,1H3,(H,14,17). The first-order chi connectivity index (χ1) is 9.08. The van der Waals surface area contributed by atoms with Crippen LogP contribution in [0.25, 0.3) is 0 Å². The second kappa shape index (κ2) is 6.26. The molecule has 1 amide bonds. The number of hydrogen-bond acceptors (Lipinski definition) is 8. The summed E-state index contributed by atoms with van der Waals surface area (Å²) in [7, 11) is 0. The molecule has 9 nitrogen and oxygen atoms in total. The smallest absolute Gasteiger partial charge is 0.302 e. The van der Waals surface area contributed by atoms with E-state index in [0.29, 0.717) is 20.0 Å². The lowest BCUT2D eigenvalue weighted by Gasteiger charge is -2.34. The number of carbonyl (C=O) groups is 2. The topological polar surface area (TPSA) is 118 Å². The largest absolute Gasteiger partial charge is 0.463 e. The van der Waals surface area contributed by atoms with Gasteiger partial charge >= 0.3 is 5.97 Å². The van der Waals surface area contributed by atoms with Gasteiger partial charge in [0.25, 0.3) is 0 Å². The van der Waals surface area contributed by atoms with E-state index in [2.05, 4.69) is 16.0 Å². The molecule has 0 radical (unpaired) electrons. The number of ether oxygens (including phenoxy) is 2. The maximum absolute atomic E-state index is 11.7. The SMILES string of the molecule is CC(=O)OCCOCN1CNC2C(=O)NC(N)NC21.